The topological polar surface area (TPSA) is 101 Å². The zero-order chi connectivity index (χ0) is 30.8. The number of alkyl halides is 5. The Hall–Kier alpha value is -4.39. The van der Waals surface area contributed by atoms with Crippen molar-refractivity contribution in [3.05, 3.63) is 82.5 Å². The number of hydrogen-bond donors (Lipinski definition) is 2. The highest BCUT2D eigenvalue weighted by Gasteiger charge is 2.36. The van der Waals surface area contributed by atoms with Crippen molar-refractivity contribution < 1.29 is 31.5 Å². The summed E-state index contributed by atoms with van der Waals surface area (Å²) in [5.74, 6) is -3.24. The number of rotatable bonds is 7. The fourth-order valence-electron chi connectivity index (χ4n) is 4.65. The van der Waals surface area contributed by atoms with E-state index in [1.165, 1.54) is 35.5 Å². The van der Waals surface area contributed by atoms with Gasteiger partial charge in [-0.15, -0.1) is 11.3 Å². The molecule has 1 aliphatic rings. The Balaban J connectivity index is 1.29. The highest BCUT2D eigenvalue weighted by atomic mass is 32.1. The van der Waals surface area contributed by atoms with Gasteiger partial charge in [-0.3, -0.25) is 14.6 Å². The van der Waals surface area contributed by atoms with Crippen LogP contribution in [0.4, 0.5) is 27.8 Å². The number of nitrogens with two attached hydrogens (primary N) is 1. The molecule has 1 fully saturated rings. The number of halogens is 5. The molecule has 13 heteroatoms. The van der Waals surface area contributed by atoms with Crippen LogP contribution in [0.25, 0.3) is 27.4 Å². The smallest absolute Gasteiger partial charge is 0.384 e. The van der Waals surface area contributed by atoms with Crippen LogP contribution in [0.5, 0.6) is 0 Å². The Morgan fingerprint density at radius 1 is 1.05 bits per heavy atom. The number of hydrogen-bond acceptors (Lipinski definition) is 6. The number of thiophene rings is 1. The lowest BCUT2D eigenvalue weighted by Gasteiger charge is -2.31. The molecule has 224 valence electrons. The van der Waals surface area contributed by atoms with E-state index >= 15 is 0 Å². The SMILES string of the molecule is Nc1ccc(/C=C/C(=O)NCCc2cc3cc(-c4ccc(C(=O)N5CCC(F)(F)CC5)cn4)cc(C(F)(F)F)c3s2)cn1. The summed E-state index contributed by atoms with van der Waals surface area (Å²) in [5, 5.41) is 3.09. The van der Waals surface area contributed by atoms with Crippen LogP contribution in [-0.4, -0.2) is 52.2 Å². The molecule has 0 bridgehead atoms. The van der Waals surface area contributed by atoms with Gasteiger partial charge in [-0.25, -0.2) is 13.8 Å². The first-order valence-corrected chi connectivity index (χ1v) is 14.1. The summed E-state index contributed by atoms with van der Waals surface area (Å²) in [5.41, 5.74) is 6.04. The van der Waals surface area contributed by atoms with Crippen LogP contribution in [0.15, 0.2) is 60.9 Å². The number of carbonyl (C=O) groups excluding carboxylic acids is 2. The number of aromatic nitrogens is 2. The average Bonchev–Trinajstić information content (AvgIpc) is 3.38. The van der Waals surface area contributed by atoms with E-state index in [4.69, 9.17) is 5.73 Å². The monoisotopic (exact) mass is 615 g/mol. The van der Waals surface area contributed by atoms with Gasteiger partial charge in [0.2, 0.25) is 5.91 Å². The second kappa shape index (κ2) is 12.1. The van der Waals surface area contributed by atoms with Gasteiger partial charge < -0.3 is 16.0 Å². The maximum atomic E-state index is 14.1. The van der Waals surface area contributed by atoms with Crippen molar-refractivity contribution >= 4 is 45.1 Å². The van der Waals surface area contributed by atoms with Crippen LogP contribution in [0.3, 0.4) is 0 Å². The third-order valence-corrected chi connectivity index (χ3v) is 8.21. The Labute approximate surface area is 247 Å². The quantitative estimate of drug-likeness (QED) is 0.190. The largest absolute Gasteiger partial charge is 0.417 e. The first-order chi connectivity index (χ1) is 20.4. The number of benzene rings is 1. The molecule has 1 saturated heterocycles. The second-order valence-corrected chi connectivity index (χ2v) is 11.3. The molecule has 0 spiro atoms. The molecule has 1 aromatic carbocycles. The van der Waals surface area contributed by atoms with Crippen LogP contribution in [-0.2, 0) is 17.4 Å². The molecule has 3 aromatic heterocycles. The minimum Gasteiger partial charge on any atom is -0.384 e. The van der Waals surface area contributed by atoms with Gasteiger partial charge in [0.25, 0.3) is 11.8 Å². The number of piperidine rings is 1. The summed E-state index contributed by atoms with van der Waals surface area (Å²) in [4.78, 5) is 35.0. The van der Waals surface area contributed by atoms with Crippen molar-refractivity contribution in [1.29, 1.82) is 0 Å². The molecule has 1 aliphatic heterocycles. The molecule has 2 amide bonds. The molecule has 0 unspecified atom stereocenters. The molecule has 7 nitrogen and oxygen atoms in total. The number of anilines is 1. The van der Waals surface area contributed by atoms with Gasteiger partial charge in [0.15, 0.2) is 0 Å². The van der Waals surface area contributed by atoms with Gasteiger partial charge in [0.1, 0.15) is 5.82 Å². The third kappa shape index (κ3) is 7.34. The normalized spacial score (nSPS) is 15.2. The number of nitrogen functional groups attached to an aromatic ring is 1. The fraction of sp³-hybridized carbons (Fsp3) is 0.267. The van der Waals surface area contributed by atoms with Gasteiger partial charge in [0.05, 0.1) is 16.8 Å². The maximum Gasteiger partial charge on any atom is 0.417 e. The van der Waals surface area contributed by atoms with Crippen LogP contribution < -0.4 is 11.1 Å². The minimum atomic E-state index is -4.63. The summed E-state index contributed by atoms with van der Waals surface area (Å²) in [6.07, 6.45) is 0.547. The zero-order valence-corrected chi connectivity index (χ0v) is 23.4. The highest BCUT2D eigenvalue weighted by Crippen LogP contribution is 2.41. The number of pyridine rings is 2. The van der Waals surface area contributed by atoms with Crippen LogP contribution in [0.2, 0.25) is 0 Å². The van der Waals surface area contributed by atoms with Crippen LogP contribution >= 0.6 is 11.3 Å². The number of likely N-dealkylation sites (tertiary alicyclic amines) is 1. The Kier molecular flexibility index (Phi) is 8.45. The van der Waals surface area contributed by atoms with Gasteiger partial charge >= 0.3 is 6.18 Å². The summed E-state index contributed by atoms with van der Waals surface area (Å²) in [6.45, 7) is 0.0543. The van der Waals surface area contributed by atoms with Crippen LogP contribution in [0.1, 0.15) is 39.2 Å². The summed E-state index contributed by atoms with van der Waals surface area (Å²) < 4.78 is 69.2. The van der Waals surface area contributed by atoms with E-state index < -0.39 is 36.4 Å². The first-order valence-electron chi connectivity index (χ1n) is 13.3. The van der Waals surface area contributed by atoms with Gasteiger partial charge in [-0.1, -0.05) is 0 Å². The summed E-state index contributed by atoms with van der Waals surface area (Å²) in [7, 11) is 0. The minimum absolute atomic E-state index is 0.0713. The lowest BCUT2D eigenvalue weighted by atomic mass is 10.0. The number of nitrogens with zero attached hydrogens (tertiary/aromatic N) is 3. The van der Waals surface area contributed by atoms with E-state index in [0.717, 1.165) is 17.4 Å². The van der Waals surface area contributed by atoms with Crippen molar-refractivity contribution in [2.24, 2.45) is 0 Å². The van der Waals surface area contributed by atoms with Crippen molar-refractivity contribution in [2.45, 2.75) is 31.4 Å². The van der Waals surface area contributed by atoms with Gasteiger partial charge in [-0.05, 0) is 65.9 Å². The number of nitrogens with one attached hydrogen (secondary N) is 1. The van der Waals surface area contributed by atoms with Crippen LogP contribution in [0, 0.1) is 0 Å². The molecular formula is C30H26F5N5O2S. The van der Waals surface area contributed by atoms with Gasteiger partial charge in [-0.2, -0.15) is 13.2 Å². The summed E-state index contributed by atoms with van der Waals surface area (Å²) >= 11 is 1.01. The van der Waals surface area contributed by atoms with Crippen molar-refractivity contribution in [2.75, 3.05) is 25.4 Å². The lowest BCUT2D eigenvalue weighted by Crippen LogP contribution is -2.42. The van der Waals surface area contributed by atoms with E-state index in [1.807, 2.05) is 0 Å². The Bertz CT molecular complexity index is 1660. The lowest BCUT2D eigenvalue weighted by molar-refractivity contribution is -0.136. The zero-order valence-electron chi connectivity index (χ0n) is 22.6. The van der Waals surface area contributed by atoms with E-state index in [1.54, 1.807) is 30.3 Å². The number of amides is 2. The molecule has 3 N–H and O–H groups in total. The van der Waals surface area contributed by atoms with E-state index in [9.17, 15) is 31.5 Å². The first kappa shape index (κ1) is 30.1. The molecule has 43 heavy (non-hydrogen) atoms. The average molecular weight is 616 g/mol. The standard InChI is InChI=1S/C30H26F5N5O2S/c31-29(32)8-11-40(12-9-29)28(42)19-3-4-24(38-17-19)20-13-21-14-22(43-27(21)23(15-20)30(33,34)35)7-10-37-26(41)6-2-18-1-5-25(36)39-16-18/h1-6,13-17H,7-12H2,(H2,36,39)(H,37,41)/b6-2+. The fourth-order valence-corrected chi connectivity index (χ4v) is 5.83. The molecule has 0 saturated carbocycles. The highest BCUT2D eigenvalue weighted by molar-refractivity contribution is 7.19. The Morgan fingerprint density at radius 2 is 1.81 bits per heavy atom. The number of carbonyl (C=O) groups is 2. The third-order valence-electron chi connectivity index (χ3n) is 6.97. The van der Waals surface area contributed by atoms with Gasteiger partial charge in [0, 0.05) is 66.1 Å². The Morgan fingerprint density at radius 3 is 2.47 bits per heavy atom. The second-order valence-electron chi connectivity index (χ2n) is 10.1. The molecule has 5 rings (SSSR count). The molecule has 0 aliphatic carbocycles. The van der Waals surface area contributed by atoms with Crippen molar-refractivity contribution in [1.82, 2.24) is 20.2 Å². The maximum absolute atomic E-state index is 14.1. The van der Waals surface area contributed by atoms with E-state index in [2.05, 4.69) is 15.3 Å². The number of fused-ring (bicyclic) bond motifs is 1. The van der Waals surface area contributed by atoms with Crippen molar-refractivity contribution in [3.8, 4) is 11.3 Å². The van der Waals surface area contributed by atoms with E-state index in [-0.39, 0.29) is 47.1 Å². The van der Waals surface area contributed by atoms with Crippen molar-refractivity contribution in [3.63, 3.8) is 0 Å². The molecule has 0 radical (unpaired) electrons. The molecule has 0 atom stereocenters. The molecular weight excluding hydrogens is 589 g/mol. The molecule has 4 heterocycles. The van der Waals surface area contributed by atoms with E-state index in [0.29, 0.717) is 28.1 Å². The predicted octanol–water partition coefficient (Wildman–Crippen LogP) is 6.20. The predicted molar refractivity (Wildman–Crippen MR) is 155 cm³/mol. The molecule has 4 aromatic rings. The summed E-state index contributed by atoms with van der Waals surface area (Å²) in [6, 6.07) is 10.5.